The van der Waals surface area contributed by atoms with Crippen LogP contribution in [0.1, 0.15) is 12.8 Å². The zero-order valence-corrected chi connectivity index (χ0v) is 9.53. The molecule has 1 saturated carbocycles. The molecule has 1 N–H and O–H groups in total. The van der Waals surface area contributed by atoms with E-state index in [1.807, 2.05) is 25.5 Å². The Bertz CT molecular complexity index is 306. The molecule has 1 heterocycles. The van der Waals surface area contributed by atoms with Crippen LogP contribution < -0.4 is 10.2 Å². The van der Waals surface area contributed by atoms with Crippen molar-refractivity contribution in [1.29, 1.82) is 0 Å². The summed E-state index contributed by atoms with van der Waals surface area (Å²) in [6, 6.07) is 4.10. The quantitative estimate of drug-likeness (QED) is 0.790. The largest absolute Gasteiger partial charge is 0.373 e. The smallest absolute Gasteiger partial charge is 0.0550 e. The molecule has 3 heteroatoms. The first-order valence-electron chi connectivity index (χ1n) is 5.52. The topological polar surface area (TPSA) is 28.2 Å². The van der Waals surface area contributed by atoms with Gasteiger partial charge in [0.15, 0.2) is 0 Å². The second-order valence-electron chi connectivity index (χ2n) is 4.60. The molecule has 1 aliphatic carbocycles. The van der Waals surface area contributed by atoms with Crippen LogP contribution in [0.2, 0.25) is 0 Å². The third-order valence-electron chi connectivity index (χ3n) is 3.17. The van der Waals surface area contributed by atoms with Crippen molar-refractivity contribution in [2.45, 2.75) is 12.8 Å². The Morgan fingerprint density at radius 2 is 2.33 bits per heavy atom. The highest BCUT2D eigenvalue weighted by Gasteiger charge is 2.42. The summed E-state index contributed by atoms with van der Waals surface area (Å²) in [4.78, 5) is 6.45. The van der Waals surface area contributed by atoms with Crippen molar-refractivity contribution in [2.75, 3.05) is 32.1 Å². The summed E-state index contributed by atoms with van der Waals surface area (Å²) in [6.07, 6.45) is 6.43. The minimum atomic E-state index is 0.513. The molecule has 0 spiro atoms. The fourth-order valence-corrected chi connectivity index (χ4v) is 2.12. The normalized spacial score (nSPS) is 17.5. The number of nitrogens with one attached hydrogen (secondary N) is 1. The summed E-state index contributed by atoms with van der Waals surface area (Å²) < 4.78 is 0. The number of nitrogens with zero attached hydrogens (tertiary/aromatic N) is 2. The minimum Gasteiger partial charge on any atom is -0.373 e. The molecule has 2 rings (SSSR count). The summed E-state index contributed by atoms with van der Waals surface area (Å²) in [6.45, 7) is 2.25. The molecule has 1 aromatic heterocycles. The standard InChI is InChI=1S/C12H19N3/c1-13-9-12(5-6-12)10-15(2)11-4-3-7-14-8-11/h3-4,7-8,13H,5-6,9-10H2,1-2H3. The molecule has 3 nitrogen and oxygen atoms in total. The third kappa shape index (κ3) is 2.48. The highest BCUT2D eigenvalue weighted by atomic mass is 15.1. The second-order valence-corrected chi connectivity index (χ2v) is 4.60. The van der Waals surface area contributed by atoms with Crippen LogP contribution in [0, 0.1) is 5.41 Å². The summed E-state index contributed by atoms with van der Waals surface area (Å²) >= 11 is 0. The van der Waals surface area contributed by atoms with Gasteiger partial charge in [0, 0.05) is 31.7 Å². The summed E-state index contributed by atoms with van der Waals surface area (Å²) in [7, 11) is 4.18. The lowest BCUT2D eigenvalue weighted by Crippen LogP contribution is -2.32. The number of anilines is 1. The first kappa shape index (κ1) is 10.4. The van der Waals surface area contributed by atoms with Gasteiger partial charge in [-0.25, -0.2) is 0 Å². The van der Waals surface area contributed by atoms with Gasteiger partial charge < -0.3 is 10.2 Å². The first-order valence-corrected chi connectivity index (χ1v) is 5.52. The van der Waals surface area contributed by atoms with Crippen molar-refractivity contribution in [3.63, 3.8) is 0 Å². The Morgan fingerprint density at radius 1 is 1.53 bits per heavy atom. The predicted molar refractivity (Wildman–Crippen MR) is 63.1 cm³/mol. The van der Waals surface area contributed by atoms with Gasteiger partial charge in [0.25, 0.3) is 0 Å². The van der Waals surface area contributed by atoms with Crippen LogP contribution in [-0.4, -0.2) is 32.2 Å². The number of pyridine rings is 1. The Hall–Kier alpha value is -1.09. The predicted octanol–water partition coefficient (Wildman–Crippen LogP) is 1.52. The molecule has 82 valence electrons. The van der Waals surface area contributed by atoms with Crippen molar-refractivity contribution >= 4 is 5.69 Å². The molecule has 0 unspecified atom stereocenters. The Morgan fingerprint density at radius 3 is 2.87 bits per heavy atom. The molecular formula is C12H19N3. The molecule has 1 fully saturated rings. The van der Waals surface area contributed by atoms with E-state index in [2.05, 4.69) is 28.3 Å². The van der Waals surface area contributed by atoms with Crippen molar-refractivity contribution < 1.29 is 0 Å². The second kappa shape index (κ2) is 4.19. The van der Waals surface area contributed by atoms with Crippen molar-refractivity contribution in [3.8, 4) is 0 Å². The van der Waals surface area contributed by atoms with Gasteiger partial charge in [0.1, 0.15) is 0 Å². The molecule has 0 atom stereocenters. The lowest BCUT2D eigenvalue weighted by molar-refractivity contribution is 0.482. The molecule has 0 saturated heterocycles. The monoisotopic (exact) mass is 205 g/mol. The van der Waals surface area contributed by atoms with Crippen LogP contribution in [-0.2, 0) is 0 Å². The van der Waals surface area contributed by atoms with Crippen LogP contribution in [0.3, 0.4) is 0 Å². The van der Waals surface area contributed by atoms with Crippen LogP contribution in [0.25, 0.3) is 0 Å². The molecule has 0 bridgehead atoms. The zero-order chi connectivity index (χ0) is 10.7. The van der Waals surface area contributed by atoms with Crippen LogP contribution in [0.5, 0.6) is 0 Å². The SMILES string of the molecule is CNCC1(CN(C)c2cccnc2)CC1. The maximum absolute atomic E-state index is 4.14. The molecule has 0 amide bonds. The van der Waals surface area contributed by atoms with E-state index >= 15 is 0 Å². The van der Waals surface area contributed by atoms with E-state index in [-0.39, 0.29) is 0 Å². The van der Waals surface area contributed by atoms with Gasteiger partial charge in [0.05, 0.1) is 11.9 Å². The van der Waals surface area contributed by atoms with E-state index in [1.165, 1.54) is 18.5 Å². The van der Waals surface area contributed by atoms with Gasteiger partial charge in [-0.1, -0.05) is 0 Å². The van der Waals surface area contributed by atoms with Crippen LogP contribution in [0.15, 0.2) is 24.5 Å². The van der Waals surface area contributed by atoms with Gasteiger partial charge in [-0.3, -0.25) is 4.98 Å². The van der Waals surface area contributed by atoms with E-state index in [9.17, 15) is 0 Å². The molecule has 1 aliphatic rings. The Balaban J connectivity index is 1.95. The van der Waals surface area contributed by atoms with Gasteiger partial charge in [0.2, 0.25) is 0 Å². The number of hydrogen-bond donors (Lipinski definition) is 1. The van der Waals surface area contributed by atoms with Crippen molar-refractivity contribution in [2.24, 2.45) is 5.41 Å². The van der Waals surface area contributed by atoms with E-state index < -0.39 is 0 Å². The first-order chi connectivity index (χ1) is 7.26. The van der Waals surface area contributed by atoms with Gasteiger partial charge in [-0.05, 0) is 32.0 Å². The van der Waals surface area contributed by atoms with Gasteiger partial charge in [-0.2, -0.15) is 0 Å². The van der Waals surface area contributed by atoms with Gasteiger partial charge >= 0.3 is 0 Å². The van der Waals surface area contributed by atoms with Crippen molar-refractivity contribution in [1.82, 2.24) is 10.3 Å². The number of aromatic nitrogens is 1. The average molecular weight is 205 g/mol. The van der Waals surface area contributed by atoms with Crippen LogP contribution >= 0.6 is 0 Å². The van der Waals surface area contributed by atoms with Crippen LogP contribution in [0.4, 0.5) is 5.69 Å². The minimum absolute atomic E-state index is 0.513. The number of hydrogen-bond acceptors (Lipinski definition) is 3. The number of rotatable bonds is 5. The average Bonchev–Trinajstić information content (AvgIpc) is 3.00. The summed E-state index contributed by atoms with van der Waals surface area (Å²) in [5.74, 6) is 0. The Kier molecular flexibility index (Phi) is 2.91. The maximum atomic E-state index is 4.14. The lowest BCUT2D eigenvalue weighted by atomic mass is 10.1. The molecule has 15 heavy (non-hydrogen) atoms. The fourth-order valence-electron chi connectivity index (χ4n) is 2.12. The van der Waals surface area contributed by atoms with Crippen molar-refractivity contribution in [3.05, 3.63) is 24.5 Å². The Labute approximate surface area is 91.5 Å². The molecule has 0 aromatic carbocycles. The molecule has 0 radical (unpaired) electrons. The molecule has 1 aromatic rings. The van der Waals surface area contributed by atoms with E-state index in [1.54, 1.807) is 0 Å². The van der Waals surface area contributed by atoms with E-state index in [0.29, 0.717) is 5.41 Å². The van der Waals surface area contributed by atoms with E-state index in [0.717, 1.165) is 13.1 Å². The van der Waals surface area contributed by atoms with E-state index in [4.69, 9.17) is 0 Å². The third-order valence-corrected chi connectivity index (χ3v) is 3.17. The summed E-state index contributed by atoms with van der Waals surface area (Å²) in [5.41, 5.74) is 1.72. The highest BCUT2D eigenvalue weighted by Crippen LogP contribution is 2.45. The summed E-state index contributed by atoms with van der Waals surface area (Å²) in [5, 5.41) is 3.29. The lowest BCUT2D eigenvalue weighted by Gasteiger charge is -2.25. The van der Waals surface area contributed by atoms with Gasteiger partial charge in [-0.15, -0.1) is 0 Å². The molecule has 0 aliphatic heterocycles. The highest BCUT2D eigenvalue weighted by molar-refractivity contribution is 5.43. The zero-order valence-electron chi connectivity index (χ0n) is 9.53. The molecular weight excluding hydrogens is 186 g/mol. The maximum Gasteiger partial charge on any atom is 0.0550 e. The fraction of sp³-hybridized carbons (Fsp3) is 0.583.